The molecule has 7 heteroatoms. The van der Waals surface area contributed by atoms with E-state index in [2.05, 4.69) is 9.71 Å². The number of nitrogens with one attached hydrogen (secondary N) is 1. The smallest absolute Gasteiger partial charge is 0.301 e. The fourth-order valence-corrected chi connectivity index (χ4v) is 5.08. The van der Waals surface area contributed by atoms with Crippen LogP contribution in [0.5, 0.6) is 0 Å². The number of amidine groups is 1. The second kappa shape index (κ2) is 7.70. The minimum atomic E-state index is -3.84. The molecular weight excluding hydrogens is 364 g/mol. The zero-order chi connectivity index (χ0) is 19.5. The van der Waals surface area contributed by atoms with Gasteiger partial charge in [0.25, 0.3) is 10.0 Å². The number of aliphatic hydroxyl groups excluding tert-OH is 1. The van der Waals surface area contributed by atoms with Gasteiger partial charge in [-0.2, -0.15) is 0 Å². The highest BCUT2D eigenvalue weighted by molar-refractivity contribution is 7.90. The van der Waals surface area contributed by atoms with Crippen molar-refractivity contribution in [1.29, 1.82) is 0 Å². The van der Waals surface area contributed by atoms with Crippen LogP contribution in [-0.4, -0.2) is 31.8 Å². The van der Waals surface area contributed by atoms with Gasteiger partial charge in [0.05, 0.1) is 6.04 Å². The van der Waals surface area contributed by atoms with Crippen LogP contribution in [0.3, 0.4) is 0 Å². The van der Waals surface area contributed by atoms with Crippen molar-refractivity contribution >= 4 is 16.0 Å². The summed E-state index contributed by atoms with van der Waals surface area (Å²) in [6.45, 7) is 3.42. The lowest BCUT2D eigenvalue weighted by Gasteiger charge is -2.38. The third kappa shape index (κ3) is 4.31. The maximum atomic E-state index is 12.9. The van der Waals surface area contributed by atoms with Crippen molar-refractivity contribution in [2.75, 3.05) is 6.61 Å². The first-order chi connectivity index (χ1) is 12.8. The zero-order valence-electron chi connectivity index (χ0n) is 15.4. The first-order valence-electron chi connectivity index (χ1n) is 8.83. The number of hydrogen-bond donors (Lipinski definition) is 2. The van der Waals surface area contributed by atoms with Crippen LogP contribution >= 0.6 is 0 Å². The van der Waals surface area contributed by atoms with Crippen LogP contribution in [-0.2, 0) is 14.8 Å². The molecule has 2 aromatic rings. The Labute approximate surface area is 160 Å². The van der Waals surface area contributed by atoms with E-state index in [1.54, 1.807) is 38.1 Å². The first kappa shape index (κ1) is 19.4. The second-order valence-electron chi connectivity index (χ2n) is 7.03. The molecule has 0 fully saturated rings. The van der Waals surface area contributed by atoms with Crippen molar-refractivity contribution < 1.29 is 18.3 Å². The van der Waals surface area contributed by atoms with Crippen LogP contribution in [0, 0.1) is 0 Å². The van der Waals surface area contributed by atoms with E-state index in [1.165, 1.54) is 0 Å². The number of aliphatic hydroxyl groups is 1. The normalized spacial score (nSPS) is 21.6. The van der Waals surface area contributed by atoms with E-state index in [-0.39, 0.29) is 18.7 Å². The summed E-state index contributed by atoms with van der Waals surface area (Å²) < 4.78 is 35.7. The van der Waals surface area contributed by atoms with Gasteiger partial charge < -0.3 is 15.2 Å². The largest absolute Gasteiger partial charge is 0.457 e. The summed E-state index contributed by atoms with van der Waals surface area (Å²) in [6, 6.07) is 18.1. The van der Waals surface area contributed by atoms with Gasteiger partial charge in [-0.1, -0.05) is 60.7 Å². The van der Waals surface area contributed by atoms with Gasteiger partial charge in [0.1, 0.15) is 10.9 Å². The van der Waals surface area contributed by atoms with Gasteiger partial charge >= 0.3 is 6.02 Å². The molecule has 0 aliphatic carbocycles. The Morgan fingerprint density at radius 2 is 1.70 bits per heavy atom. The number of benzene rings is 2. The Bertz CT molecular complexity index is 896. The number of rotatable bonds is 5. The standard InChI is InChI=1S/C20H24N2O4S/c1-20(2)18(16-11-7-4-8-12-16)27(24,25)22-19(26-20)21-17(13-14-23)15-9-5-3-6-10-15/h3-12,17-18,23H,13-14H2,1-2H3,(H,21,22)/t17-,18?/m0/s1. The summed E-state index contributed by atoms with van der Waals surface area (Å²) in [6.07, 6.45) is 0.398. The van der Waals surface area contributed by atoms with Gasteiger partial charge in [-0.25, -0.2) is 8.42 Å². The van der Waals surface area contributed by atoms with Crippen LogP contribution in [0.1, 0.15) is 42.7 Å². The molecule has 144 valence electrons. The Kier molecular flexibility index (Phi) is 5.53. The molecule has 0 radical (unpaired) electrons. The maximum Gasteiger partial charge on any atom is 0.301 e. The fourth-order valence-electron chi connectivity index (χ4n) is 3.39. The van der Waals surface area contributed by atoms with Crippen LogP contribution in [0.15, 0.2) is 65.1 Å². The van der Waals surface area contributed by atoms with Crippen molar-refractivity contribution in [1.82, 2.24) is 5.32 Å². The second-order valence-corrected chi connectivity index (χ2v) is 8.71. The van der Waals surface area contributed by atoms with E-state index < -0.39 is 20.9 Å². The van der Waals surface area contributed by atoms with E-state index in [9.17, 15) is 13.5 Å². The molecule has 3 rings (SSSR count). The molecule has 1 heterocycles. The Hall–Kier alpha value is -2.38. The Morgan fingerprint density at radius 3 is 2.26 bits per heavy atom. The molecule has 0 amide bonds. The summed E-state index contributed by atoms with van der Waals surface area (Å²) in [7, 11) is -3.84. The Balaban J connectivity index is 1.93. The average Bonchev–Trinajstić information content (AvgIpc) is 2.61. The lowest BCUT2D eigenvalue weighted by molar-refractivity contribution is 0.0760. The molecule has 1 aliphatic rings. The van der Waals surface area contributed by atoms with E-state index >= 15 is 0 Å². The zero-order valence-corrected chi connectivity index (χ0v) is 16.2. The SMILES string of the molecule is CC1(C)OC(N[C@@H](CCO)c2ccccc2)=NS(=O)(=O)C1c1ccccc1. The third-order valence-electron chi connectivity index (χ3n) is 4.52. The summed E-state index contributed by atoms with van der Waals surface area (Å²) in [5, 5.41) is 11.5. The van der Waals surface area contributed by atoms with Gasteiger partial charge in [-0.05, 0) is 31.4 Å². The van der Waals surface area contributed by atoms with Gasteiger partial charge in [0, 0.05) is 6.61 Å². The van der Waals surface area contributed by atoms with Crippen molar-refractivity contribution in [2.24, 2.45) is 4.40 Å². The minimum absolute atomic E-state index is 0.0468. The first-order valence-corrected chi connectivity index (χ1v) is 10.3. The van der Waals surface area contributed by atoms with E-state index in [1.807, 2.05) is 36.4 Å². The van der Waals surface area contributed by atoms with E-state index in [0.717, 1.165) is 5.56 Å². The molecule has 27 heavy (non-hydrogen) atoms. The van der Waals surface area contributed by atoms with Crippen LogP contribution in [0.25, 0.3) is 0 Å². The van der Waals surface area contributed by atoms with Crippen molar-refractivity contribution in [3.05, 3.63) is 71.8 Å². The van der Waals surface area contributed by atoms with Gasteiger partial charge in [-0.15, -0.1) is 4.40 Å². The van der Waals surface area contributed by atoms with Crippen molar-refractivity contribution in [2.45, 2.75) is 37.2 Å². The molecule has 0 saturated heterocycles. The lowest BCUT2D eigenvalue weighted by atomic mass is 9.97. The fraction of sp³-hybridized carbons (Fsp3) is 0.350. The molecule has 0 aromatic heterocycles. The lowest BCUT2D eigenvalue weighted by Crippen LogP contribution is -2.47. The highest BCUT2D eigenvalue weighted by Crippen LogP contribution is 2.40. The average molecular weight is 388 g/mol. The summed E-state index contributed by atoms with van der Waals surface area (Å²) in [5.74, 6) is 0. The van der Waals surface area contributed by atoms with Crippen molar-refractivity contribution in [3.8, 4) is 0 Å². The molecule has 0 saturated carbocycles. The number of sulfonamides is 1. The van der Waals surface area contributed by atoms with Gasteiger partial charge in [0.15, 0.2) is 0 Å². The van der Waals surface area contributed by atoms with Crippen molar-refractivity contribution in [3.63, 3.8) is 0 Å². The molecule has 6 nitrogen and oxygen atoms in total. The summed E-state index contributed by atoms with van der Waals surface area (Å²) >= 11 is 0. The monoisotopic (exact) mass is 388 g/mol. The van der Waals surface area contributed by atoms with Crippen LogP contribution in [0.2, 0.25) is 0 Å². The predicted molar refractivity (Wildman–Crippen MR) is 105 cm³/mol. The van der Waals surface area contributed by atoms with Crippen LogP contribution < -0.4 is 5.32 Å². The number of hydrogen-bond acceptors (Lipinski definition) is 5. The molecular formula is C20H24N2O4S. The molecule has 2 aromatic carbocycles. The third-order valence-corrected chi connectivity index (χ3v) is 6.37. The molecule has 2 N–H and O–H groups in total. The minimum Gasteiger partial charge on any atom is -0.457 e. The summed E-state index contributed by atoms with van der Waals surface area (Å²) in [4.78, 5) is 0. The quantitative estimate of drug-likeness (QED) is 0.822. The van der Waals surface area contributed by atoms with E-state index in [0.29, 0.717) is 12.0 Å². The summed E-state index contributed by atoms with van der Waals surface area (Å²) in [5.41, 5.74) is 0.545. The number of nitrogens with zero attached hydrogens (tertiary/aromatic N) is 1. The van der Waals surface area contributed by atoms with Gasteiger partial charge in [0.2, 0.25) is 0 Å². The highest BCUT2D eigenvalue weighted by atomic mass is 32.2. The van der Waals surface area contributed by atoms with E-state index in [4.69, 9.17) is 4.74 Å². The molecule has 2 atom stereocenters. The maximum absolute atomic E-state index is 12.9. The molecule has 0 bridgehead atoms. The molecule has 0 spiro atoms. The number of ether oxygens (including phenoxy) is 1. The topological polar surface area (TPSA) is 88.0 Å². The highest BCUT2D eigenvalue weighted by Gasteiger charge is 2.47. The van der Waals surface area contributed by atoms with Crippen LogP contribution in [0.4, 0.5) is 0 Å². The van der Waals surface area contributed by atoms with Gasteiger partial charge in [-0.3, -0.25) is 0 Å². The molecule has 1 aliphatic heterocycles. The molecule has 1 unspecified atom stereocenters. The Morgan fingerprint density at radius 1 is 1.11 bits per heavy atom. The predicted octanol–water partition coefficient (Wildman–Crippen LogP) is 2.94.